The molecule has 0 heterocycles. The van der Waals surface area contributed by atoms with Gasteiger partial charge in [-0.1, -0.05) is 19.9 Å². The number of aryl methyl sites for hydroxylation is 1. The van der Waals surface area contributed by atoms with Gasteiger partial charge in [-0.2, -0.15) is 0 Å². The second-order valence-electron chi connectivity index (χ2n) is 8.99. The molecule has 0 aliphatic heterocycles. The fourth-order valence-electron chi connectivity index (χ4n) is 3.81. The van der Waals surface area contributed by atoms with Gasteiger partial charge >= 0.3 is 0 Å². The molecule has 0 saturated heterocycles. The van der Waals surface area contributed by atoms with E-state index in [0.717, 1.165) is 12.8 Å². The molecule has 2 rings (SSSR count). The van der Waals surface area contributed by atoms with Gasteiger partial charge in [0.15, 0.2) is 6.23 Å². The highest BCUT2D eigenvalue weighted by Crippen LogP contribution is 2.19. The van der Waals surface area contributed by atoms with Crippen LogP contribution in [0.25, 0.3) is 0 Å². The van der Waals surface area contributed by atoms with Crippen LogP contribution in [0.4, 0.5) is 5.69 Å². The van der Waals surface area contributed by atoms with E-state index < -0.39 is 37.1 Å². The maximum absolute atomic E-state index is 12.9. The highest BCUT2D eigenvalue weighted by molar-refractivity contribution is 5.99. The van der Waals surface area contributed by atoms with Gasteiger partial charge in [0.25, 0.3) is 11.8 Å². The normalized spacial score (nSPS) is 14.2. The number of methoxy groups -OCH3 is 1. The van der Waals surface area contributed by atoms with Crippen LogP contribution in [-0.2, 0) is 4.84 Å². The molecule has 11 nitrogen and oxygen atoms in total. The third kappa shape index (κ3) is 8.96. The maximum atomic E-state index is 12.9. The zero-order valence-electron chi connectivity index (χ0n) is 22.3. The number of rotatable bonds is 15. The number of amides is 2. The lowest BCUT2D eigenvalue weighted by molar-refractivity contribution is -0.122. The predicted octanol–water partition coefficient (Wildman–Crippen LogP) is 1.44. The number of ether oxygens (including phenoxy) is 1. The molecule has 4 atom stereocenters. The lowest BCUT2D eigenvalue weighted by atomic mass is 10.0. The fourth-order valence-corrected chi connectivity index (χ4v) is 3.81. The number of benzene rings is 2. The SMILES string of the molecule is CCCN(CCC)C(=O)c1cc(C)cc(C(=O)NOC[C@H](O)[C@H](O)[C@H](O)C(O)Nc2cccc(OC)c2)c1. The largest absolute Gasteiger partial charge is 0.497 e. The Morgan fingerprint density at radius 1 is 0.947 bits per heavy atom. The Kier molecular flexibility index (Phi) is 12.4. The van der Waals surface area contributed by atoms with Crippen LogP contribution in [0.3, 0.4) is 0 Å². The first-order valence-corrected chi connectivity index (χ1v) is 12.6. The summed E-state index contributed by atoms with van der Waals surface area (Å²) in [5.41, 5.74) is 3.88. The second-order valence-corrected chi connectivity index (χ2v) is 8.99. The highest BCUT2D eigenvalue weighted by atomic mass is 16.7. The third-order valence-corrected chi connectivity index (χ3v) is 5.73. The standard InChI is InChI=1S/C27H39N3O8/c1-5-10-30(11-6-2)27(36)19-13-17(3)12-18(14-19)25(34)29-38-16-22(31)23(32)24(33)26(35)28-20-8-7-9-21(15-20)37-4/h7-9,12-15,22-24,26,28,31-33,35H,5-6,10-11,16H2,1-4H3,(H,29,34)/t22-,23-,24-,26?/m0/s1. The lowest BCUT2D eigenvalue weighted by Crippen LogP contribution is -2.49. The molecular formula is C27H39N3O8. The van der Waals surface area contributed by atoms with Crippen molar-refractivity contribution < 1.29 is 39.6 Å². The van der Waals surface area contributed by atoms with Crippen LogP contribution < -0.4 is 15.5 Å². The Morgan fingerprint density at radius 3 is 2.24 bits per heavy atom. The van der Waals surface area contributed by atoms with Crippen LogP contribution in [0.5, 0.6) is 5.75 Å². The molecule has 0 spiro atoms. The number of hydrogen-bond donors (Lipinski definition) is 6. The molecule has 0 aliphatic carbocycles. The number of anilines is 1. The number of aliphatic hydroxyl groups excluding tert-OH is 4. The zero-order chi connectivity index (χ0) is 28.2. The van der Waals surface area contributed by atoms with Crippen molar-refractivity contribution >= 4 is 17.5 Å². The quantitative estimate of drug-likeness (QED) is 0.147. The number of carbonyl (C=O) groups is 2. The van der Waals surface area contributed by atoms with E-state index in [0.29, 0.717) is 35.7 Å². The predicted molar refractivity (Wildman–Crippen MR) is 142 cm³/mol. The summed E-state index contributed by atoms with van der Waals surface area (Å²) in [6, 6.07) is 11.3. The van der Waals surface area contributed by atoms with Crippen molar-refractivity contribution in [2.24, 2.45) is 0 Å². The molecule has 0 bridgehead atoms. The molecule has 2 amide bonds. The van der Waals surface area contributed by atoms with Crippen molar-refractivity contribution in [1.82, 2.24) is 10.4 Å². The van der Waals surface area contributed by atoms with Gasteiger partial charge in [0.2, 0.25) is 0 Å². The van der Waals surface area contributed by atoms with Crippen molar-refractivity contribution in [2.75, 3.05) is 32.1 Å². The van der Waals surface area contributed by atoms with Crippen molar-refractivity contribution in [3.63, 3.8) is 0 Å². The van der Waals surface area contributed by atoms with E-state index in [9.17, 15) is 30.0 Å². The summed E-state index contributed by atoms with van der Waals surface area (Å²) in [6.45, 7) is 6.40. The summed E-state index contributed by atoms with van der Waals surface area (Å²) in [7, 11) is 1.48. The number of carbonyl (C=O) groups excluding carboxylic acids is 2. The number of nitrogens with one attached hydrogen (secondary N) is 2. The number of nitrogens with zero attached hydrogens (tertiary/aromatic N) is 1. The number of aliphatic hydroxyl groups is 4. The van der Waals surface area contributed by atoms with Crippen LogP contribution >= 0.6 is 0 Å². The Balaban J connectivity index is 1.93. The minimum Gasteiger partial charge on any atom is -0.497 e. The van der Waals surface area contributed by atoms with E-state index >= 15 is 0 Å². The van der Waals surface area contributed by atoms with Gasteiger partial charge in [-0.3, -0.25) is 14.4 Å². The van der Waals surface area contributed by atoms with Gasteiger partial charge < -0.3 is 35.4 Å². The molecule has 0 radical (unpaired) electrons. The Bertz CT molecular complexity index is 1040. The van der Waals surface area contributed by atoms with Gasteiger partial charge in [0.05, 0.1) is 7.11 Å². The molecule has 0 saturated carbocycles. The topological polar surface area (TPSA) is 161 Å². The highest BCUT2D eigenvalue weighted by Gasteiger charge is 2.31. The summed E-state index contributed by atoms with van der Waals surface area (Å²) in [5.74, 6) is -0.297. The van der Waals surface area contributed by atoms with E-state index in [1.54, 1.807) is 48.2 Å². The first-order chi connectivity index (χ1) is 18.1. The molecule has 210 valence electrons. The summed E-state index contributed by atoms with van der Waals surface area (Å²) >= 11 is 0. The fraction of sp³-hybridized carbons (Fsp3) is 0.481. The molecule has 0 aliphatic rings. The molecule has 2 aromatic rings. The van der Waals surface area contributed by atoms with Crippen molar-refractivity contribution in [1.29, 1.82) is 0 Å². The van der Waals surface area contributed by atoms with Crippen LogP contribution in [0, 0.1) is 6.92 Å². The van der Waals surface area contributed by atoms with Crippen molar-refractivity contribution in [3.05, 3.63) is 59.2 Å². The van der Waals surface area contributed by atoms with E-state index in [1.165, 1.54) is 13.2 Å². The molecule has 11 heteroatoms. The lowest BCUT2D eigenvalue weighted by Gasteiger charge is -2.27. The van der Waals surface area contributed by atoms with E-state index in [2.05, 4.69) is 10.8 Å². The summed E-state index contributed by atoms with van der Waals surface area (Å²) in [5, 5.41) is 43.5. The monoisotopic (exact) mass is 533 g/mol. The first kappa shape index (κ1) is 31.0. The molecular weight excluding hydrogens is 494 g/mol. The summed E-state index contributed by atoms with van der Waals surface area (Å²) in [6.07, 6.45) is -5.21. The average molecular weight is 534 g/mol. The summed E-state index contributed by atoms with van der Waals surface area (Å²) in [4.78, 5) is 32.4. The van der Waals surface area contributed by atoms with Crippen LogP contribution in [0.15, 0.2) is 42.5 Å². The van der Waals surface area contributed by atoms with E-state index in [4.69, 9.17) is 9.57 Å². The van der Waals surface area contributed by atoms with Crippen molar-refractivity contribution in [3.8, 4) is 5.75 Å². The molecule has 38 heavy (non-hydrogen) atoms. The van der Waals surface area contributed by atoms with Gasteiger partial charge in [-0.25, -0.2) is 5.48 Å². The summed E-state index contributed by atoms with van der Waals surface area (Å²) < 4.78 is 5.09. The van der Waals surface area contributed by atoms with Crippen molar-refractivity contribution in [2.45, 2.75) is 58.2 Å². The number of hydrogen-bond acceptors (Lipinski definition) is 9. The smallest absolute Gasteiger partial charge is 0.274 e. The Labute approximate surface area is 223 Å². The van der Waals surface area contributed by atoms with Gasteiger partial charge in [0, 0.05) is 36.0 Å². The maximum Gasteiger partial charge on any atom is 0.274 e. The van der Waals surface area contributed by atoms with Crippen LogP contribution in [-0.4, -0.2) is 88.5 Å². The van der Waals surface area contributed by atoms with Gasteiger partial charge in [-0.15, -0.1) is 0 Å². The van der Waals surface area contributed by atoms with Crippen LogP contribution in [0.2, 0.25) is 0 Å². The zero-order valence-corrected chi connectivity index (χ0v) is 22.3. The molecule has 0 aromatic heterocycles. The van der Waals surface area contributed by atoms with E-state index in [1.807, 2.05) is 13.8 Å². The van der Waals surface area contributed by atoms with Gasteiger partial charge in [-0.05, 0) is 55.7 Å². The molecule has 1 unspecified atom stereocenters. The van der Waals surface area contributed by atoms with Gasteiger partial charge in [0.1, 0.15) is 30.7 Å². The number of hydroxylamine groups is 1. The van der Waals surface area contributed by atoms with E-state index in [-0.39, 0.29) is 11.5 Å². The first-order valence-electron chi connectivity index (χ1n) is 12.6. The molecule has 6 N–H and O–H groups in total. The second kappa shape index (κ2) is 15.3. The molecule has 0 fully saturated rings. The molecule has 2 aromatic carbocycles. The van der Waals surface area contributed by atoms with Crippen LogP contribution in [0.1, 0.15) is 53.0 Å². The minimum absolute atomic E-state index is 0.166. The average Bonchev–Trinajstić information content (AvgIpc) is 2.91. The third-order valence-electron chi connectivity index (χ3n) is 5.73. The minimum atomic E-state index is -1.80. The Morgan fingerprint density at radius 2 is 1.61 bits per heavy atom. The Hall–Kier alpha value is -3.22.